The van der Waals surface area contributed by atoms with Gasteiger partial charge in [-0.25, -0.2) is 0 Å². The molecule has 134 valence electrons. The van der Waals surface area contributed by atoms with E-state index in [9.17, 15) is 9.18 Å². The second kappa shape index (κ2) is 7.08. The number of rotatable bonds is 1. The van der Waals surface area contributed by atoms with Gasteiger partial charge in [-0.1, -0.05) is 66.7 Å². The molecule has 0 spiro atoms. The summed E-state index contributed by atoms with van der Waals surface area (Å²) in [5, 5.41) is 1.16. The van der Waals surface area contributed by atoms with Gasteiger partial charge >= 0.3 is 5.85 Å². The number of fused-ring (bicyclic) bond motifs is 2. The molecular formula is C23H17FO3. The van der Waals surface area contributed by atoms with Crippen LogP contribution in [-0.4, -0.2) is 5.78 Å². The van der Waals surface area contributed by atoms with Crippen LogP contribution in [-0.2, 0) is 17.1 Å². The predicted molar refractivity (Wildman–Crippen MR) is 101 cm³/mol. The van der Waals surface area contributed by atoms with Gasteiger partial charge in [-0.3, -0.25) is 4.79 Å². The van der Waals surface area contributed by atoms with Crippen molar-refractivity contribution in [1.29, 1.82) is 0 Å². The summed E-state index contributed by atoms with van der Waals surface area (Å²) in [6.45, 7) is 0. The van der Waals surface area contributed by atoms with Gasteiger partial charge in [0.25, 0.3) is 0 Å². The Morgan fingerprint density at radius 3 is 2.33 bits per heavy atom. The van der Waals surface area contributed by atoms with Gasteiger partial charge < -0.3 is 9.15 Å². The van der Waals surface area contributed by atoms with E-state index in [-0.39, 0.29) is 12.0 Å². The number of halogens is 1. The molecule has 4 aromatic rings. The summed E-state index contributed by atoms with van der Waals surface area (Å²) in [6, 6.07) is 25.2. The lowest BCUT2D eigenvalue weighted by atomic mass is 9.94. The summed E-state index contributed by atoms with van der Waals surface area (Å²) in [5.74, 6) is -2.49. The summed E-state index contributed by atoms with van der Waals surface area (Å²) in [5.41, 5.74) is 1.92. The Labute approximate surface area is 156 Å². The zero-order valence-corrected chi connectivity index (χ0v) is 14.5. The van der Waals surface area contributed by atoms with E-state index in [1.165, 1.54) is 0 Å². The number of benzene rings is 3. The van der Waals surface area contributed by atoms with E-state index >= 15 is 0 Å². The molecule has 0 saturated heterocycles. The zero-order chi connectivity index (χ0) is 18.7. The molecule has 3 nitrogen and oxygen atoms in total. The molecule has 1 aliphatic rings. The van der Waals surface area contributed by atoms with Gasteiger partial charge in [0.05, 0.1) is 6.26 Å². The van der Waals surface area contributed by atoms with Gasteiger partial charge in [-0.2, -0.15) is 4.39 Å². The van der Waals surface area contributed by atoms with Crippen LogP contribution in [0.4, 0.5) is 4.39 Å². The fourth-order valence-corrected chi connectivity index (χ4v) is 3.02. The maximum Gasteiger partial charge on any atom is 0.334 e. The molecule has 1 aromatic heterocycles. The highest BCUT2D eigenvalue weighted by Gasteiger charge is 2.46. The molecule has 1 atom stereocenters. The highest BCUT2D eigenvalue weighted by molar-refractivity contribution is 5.91. The van der Waals surface area contributed by atoms with Crippen LogP contribution < -0.4 is 4.74 Å². The average molecular weight is 360 g/mol. The van der Waals surface area contributed by atoms with Crippen LogP contribution in [0.1, 0.15) is 11.1 Å². The van der Waals surface area contributed by atoms with E-state index in [1.807, 2.05) is 36.4 Å². The Balaban J connectivity index is 0.000000167. The SMILES string of the molecule is O=C1Cc2ccccc2OC1(F)c1ccccc1.c1ccc2occc2c1. The molecule has 4 heteroatoms. The van der Waals surface area contributed by atoms with Crippen LogP contribution in [0, 0.1) is 0 Å². The normalized spacial score (nSPS) is 18.2. The van der Waals surface area contributed by atoms with Crippen LogP contribution in [0.25, 0.3) is 11.0 Å². The molecule has 0 fully saturated rings. The van der Waals surface area contributed by atoms with Crippen molar-refractivity contribution < 1.29 is 18.3 Å². The maximum atomic E-state index is 14.8. The third-order valence-electron chi connectivity index (χ3n) is 4.44. The van der Waals surface area contributed by atoms with Gasteiger partial charge in [0.1, 0.15) is 11.3 Å². The van der Waals surface area contributed by atoms with E-state index in [1.54, 1.807) is 54.8 Å². The number of para-hydroxylation sites is 2. The average Bonchev–Trinajstić information content (AvgIpc) is 3.19. The second-order valence-electron chi connectivity index (χ2n) is 6.23. The minimum Gasteiger partial charge on any atom is -0.464 e. The quantitative estimate of drug-likeness (QED) is 0.453. The molecule has 0 radical (unpaired) electrons. The minimum absolute atomic E-state index is 0.0571. The van der Waals surface area contributed by atoms with E-state index in [2.05, 4.69) is 0 Å². The maximum absolute atomic E-state index is 14.8. The fraction of sp³-hybridized carbons (Fsp3) is 0.0870. The standard InChI is InChI=1S/C15H11FO2.C8H6O/c16-15(12-7-2-1-3-8-12)14(17)10-11-6-4-5-9-13(11)18-15;1-2-4-8-7(3-1)5-6-9-8/h1-9H,10H2;1-6H. The number of carbonyl (C=O) groups excluding carboxylic acids is 1. The first kappa shape index (κ1) is 17.0. The van der Waals surface area contributed by atoms with Crippen LogP contribution >= 0.6 is 0 Å². The van der Waals surface area contributed by atoms with Crippen LogP contribution in [0.15, 0.2) is 95.6 Å². The number of hydrogen-bond donors (Lipinski definition) is 0. The Hall–Kier alpha value is -3.40. The summed E-state index contributed by atoms with van der Waals surface area (Å²) in [6.07, 6.45) is 1.76. The van der Waals surface area contributed by atoms with Crippen LogP contribution in [0.2, 0.25) is 0 Å². The molecular weight excluding hydrogens is 343 g/mol. The Morgan fingerprint density at radius 2 is 1.52 bits per heavy atom. The third kappa shape index (κ3) is 3.34. The van der Waals surface area contributed by atoms with Crippen molar-refractivity contribution >= 4 is 16.8 Å². The molecule has 1 aliphatic heterocycles. The summed E-state index contributed by atoms with van der Waals surface area (Å²) in [7, 11) is 0. The molecule has 0 aliphatic carbocycles. The van der Waals surface area contributed by atoms with Crippen molar-refractivity contribution in [2.75, 3.05) is 0 Å². The first-order valence-electron chi connectivity index (χ1n) is 8.64. The van der Waals surface area contributed by atoms with Crippen molar-refractivity contribution in [3.05, 3.63) is 102 Å². The molecule has 1 unspecified atom stereocenters. The number of ether oxygens (including phenoxy) is 1. The van der Waals surface area contributed by atoms with Gasteiger partial charge in [0, 0.05) is 22.9 Å². The molecule has 2 heterocycles. The lowest BCUT2D eigenvalue weighted by molar-refractivity contribution is -0.156. The molecule has 5 rings (SSSR count). The number of furan rings is 1. The van der Waals surface area contributed by atoms with Gasteiger partial charge in [-0.15, -0.1) is 0 Å². The van der Waals surface area contributed by atoms with E-state index in [0.29, 0.717) is 5.75 Å². The zero-order valence-electron chi connectivity index (χ0n) is 14.5. The van der Waals surface area contributed by atoms with Crippen molar-refractivity contribution in [1.82, 2.24) is 0 Å². The highest BCUT2D eigenvalue weighted by atomic mass is 19.2. The first-order valence-corrected chi connectivity index (χ1v) is 8.64. The Bertz CT molecular complexity index is 1040. The number of carbonyl (C=O) groups is 1. The number of ketones is 1. The smallest absolute Gasteiger partial charge is 0.334 e. The van der Waals surface area contributed by atoms with Crippen molar-refractivity contribution in [3.8, 4) is 5.75 Å². The highest BCUT2D eigenvalue weighted by Crippen LogP contribution is 2.38. The van der Waals surface area contributed by atoms with Gasteiger partial charge in [0.2, 0.25) is 5.78 Å². The van der Waals surface area contributed by atoms with Crippen molar-refractivity contribution in [2.24, 2.45) is 0 Å². The van der Waals surface area contributed by atoms with Crippen LogP contribution in [0.5, 0.6) is 5.75 Å². The van der Waals surface area contributed by atoms with Crippen molar-refractivity contribution in [3.63, 3.8) is 0 Å². The summed E-state index contributed by atoms with van der Waals surface area (Å²) < 4.78 is 25.2. The van der Waals surface area contributed by atoms with Crippen LogP contribution in [0.3, 0.4) is 0 Å². The Morgan fingerprint density at radius 1 is 0.815 bits per heavy atom. The summed E-state index contributed by atoms with van der Waals surface area (Å²) >= 11 is 0. The monoisotopic (exact) mass is 360 g/mol. The third-order valence-corrected chi connectivity index (χ3v) is 4.44. The molecule has 0 amide bonds. The minimum atomic E-state index is -2.37. The summed E-state index contributed by atoms with van der Waals surface area (Å²) in [4.78, 5) is 12.0. The van der Waals surface area contributed by atoms with E-state index in [0.717, 1.165) is 16.5 Å². The van der Waals surface area contributed by atoms with E-state index in [4.69, 9.17) is 9.15 Å². The predicted octanol–water partition coefficient (Wildman–Crippen LogP) is 5.45. The topological polar surface area (TPSA) is 39.4 Å². The Kier molecular flexibility index (Phi) is 4.47. The molecule has 27 heavy (non-hydrogen) atoms. The lowest BCUT2D eigenvalue weighted by Gasteiger charge is -2.30. The second-order valence-corrected chi connectivity index (χ2v) is 6.23. The lowest BCUT2D eigenvalue weighted by Crippen LogP contribution is -2.41. The molecule has 0 N–H and O–H groups in total. The van der Waals surface area contributed by atoms with Gasteiger partial charge in [0.15, 0.2) is 0 Å². The number of hydrogen-bond acceptors (Lipinski definition) is 3. The number of Topliss-reactive ketones (excluding diaryl/α,β-unsaturated/α-hetero) is 1. The number of alkyl halides is 1. The van der Waals surface area contributed by atoms with Gasteiger partial charge in [-0.05, 0) is 18.2 Å². The van der Waals surface area contributed by atoms with E-state index < -0.39 is 11.6 Å². The molecule has 3 aromatic carbocycles. The molecule has 0 bridgehead atoms. The molecule has 0 saturated carbocycles. The first-order chi connectivity index (χ1) is 13.2. The van der Waals surface area contributed by atoms with Crippen molar-refractivity contribution in [2.45, 2.75) is 12.3 Å². The largest absolute Gasteiger partial charge is 0.464 e. The fourth-order valence-electron chi connectivity index (χ4n) is 3.02.